The minimum Gasteiger partial charge on any atom is -0.481 e. The highest BCUT2D eigenvalue weighted by atomic mass is 16.4. The summed E-state index contributed by atoms with van der Waals surface area (Å²) in [4.78, 5) is 22.8. The molecule has 0 atom stereocenters. The van der Waals surface area contributed by atoms with E-state index in [-0.39, 0.29) is 12.3 Å². The molecule has 19 heavy (non-hydrogen) atoms. The van der Waals surface area contributed by atoms with Gasteiger partial charge in [0.25, 0.3) is 5.91 Å². The molecule has 0 aliphatic rings. The van der Waals surface area contributed by atoms with Crippen LogP contribution in [-0.2, 0) is 17.8 Å². The van der Waals surface area contributed by atoms with Crippen LogP contribution in [0.1, 0.15) is 21.5 Å². The summed E-state index contributed by atoms with van der Waals surface area (Å²) >= 11 is 0. The number of rotatable bonds is 5. The summed E-state index contributed by atoms with van der Waals surface area (Å²) in [6.45, 7) is 0.344. The van der Waals surface area contributed by atoms with Crippen LogP contribution in [0.2, 0.25) is 0 Å². The molecule has 1 aromatic carbocycles. The molecule has 0 bridgehead atoms. The molecule has 6 nitrogen and oxygen atoms in total. The molecular formula is C13H13N3O3. The number of carbonyl (C=O) groups is 2. The zero-order valence-electron chi connectivity index (χ0n) is 10.1. The maximum Gasteiger partial charge on any atom is 0.307 e. The Morgan fingerprint density at radius 2 is 2.11 bits per heavy atom. The number of nitrogens with zero attached hydrogens (tertiary/aromatic N) is 1. The lowest BCUT2D eigenvalue weighted by atomic mass is 10.0. The topological polar surface area (TPSA) is 95.1 Å². The van der Waals surface area contributed by atoms with E-state index >= 15 is 0 Å². The van der Waals surface area contributed by atoms with Crippen LogP contribution in [0.4, 0.5) is 0 Å². The summed E-state index contributed by atoms with van der Waals surface area (Å²) in [5.41, 5.74) is 1.73. The van der Waals surface area contributed by atoms with E-state index in [2.05, 4.69) is 15.5 Å². The number of carbonyl (C=O) groups excluding carboxylic acids is 1. The van der Waals surface area contributed by atoms with Crippen molar-refractivity contribution in [2.24, 2.45) is 0 Å². The van der Waals surface area contributed by atoms with Crippen molar-refractivity contribution < 1.29 is 14.7 Å². The fourth-order valence-corrected chi connectivity index (χ4v) is 1.71. The Morgan fingerprint density at radius 1 is 1.32 bits per heavy atom. The highest BCUT2D eigenvalue weighted by Gasteiger charge is 2.12. The van der Waals surface area contributed by atoms with Gasteiger partial charge in [-0.05, 0) is 11.6 Å². The van der Waals surface area contributed by atoms with Crippen LogP contribution in [0.3, 0.4) is 0 Å². The van der Waals surface area contributed by atoms with Crippen molar-refractivity contribution in [1.82, 2.24) is 15.5 Å². The molecule has 1 amide bonds. The molecule has 98 valence electrons. The van der Waals surface area contributed by atoms with Crippen molar-refractivity contribution in [3.05, 3.63) is 53.3 Å². The van der Waals surface area contributed by atoms with Crippen molar-refractivity contribution >= 4 is 11.9 Å². The van der Waals surface area contributed by atoms with E-state index in [0.29, 0.717) is 17.7 Å². The number of aliphatic carboxylic acids is 1. The summed E-state index contributed by atoms with van der Waals surface area (Å²) in [5, 5.41) is 18.0. The smallest absolute Gasteiger partial charge is 0.307 e. The van der Waals surface area contributed by atoms with Crippen LogP contribution >= 0.6 is 0 Å². The maximum absolute atomic E-state index is 12.0. The zero-order chi connectivity index (χ0) is 13.7. The minimum atomic E-state index is -0.963. The van der Waals surface area contributed by atoms with Crippen LogP contribution in [0.25, 0.3) is 0 Å². The first-order valence-corrected chi connectivity index (χ1v) is 5.72. The molecule has 1 heterocycles. The molecular weight excluding hydrogens is 246 g/mol. The number of H-pyrrole nitrogens is 1. The van der Waals surface area contributed by atoms with Gasteiger partial charge in [-0.25, -0.2) is 0 Å². The predicted octanol–water partition coefficient (Wildman–Crippen LogP) is 0.967. The van der Waals surface area contributed by atoms with Crippen LogP contribution in [0.5, 0.6) is 0 Å². The molecule has 1 aromatic heterocycles. The third kappa shape index (κ3) is 3.41. The fourth-order valence-electron chi connectivity index (χ4n) is 1.71. The summed E-state index contributed by atoms with van der Waals surface area (Å²) < 4.78 is 0. The number of aromatic nitrogens is 2. The Hall–Kier alpha value is -2.63. The van der Waals surface area contributed by atoms with Crippen molar-refractivity contribution in [2.45, 2.75) is 13.0 Å². The molecule has 0 aliphatic heterocycles. The van der Waals surface area contributed by atoms with Crippen LogP contribution in [-0.4, -0.2) is 27.2 Å². The van der Waals surface area contributed by atoms with Gasteiger partial charge in [0, 0.05) is 23.9 Å². The van der Waals surface area contributed by atoms with E-state index in [9.17, 15) is 9.59 Å². The fraction of sp³-hybridized carbons (Fsp3) is 0.154. The lowest BCUT2D eigenvalue weighted by molar-refractivity contribution is -0.136. The average Bonchev–Trinajstić information content (AvgIpc) is 2.89. The molecule has 0 saturated carbocycles. The minimum absolute atomic E-state index is 0.171. The van der Waals surface area contributed by atoms with E-state index in [0.717, 1.165) is 5.56 Å². The summed E-state index contributed by atoms with van der Waals surface area (Å²) in [6.07, 6.45) is 3.13. The Kier molecular flexibility index (Phi) is 3.92. The third-order valence-corrected chi connectivity index (χ3v) is 2.61. The molecule has 6 heteroatoms. The lowest BCUT2D eigenvalue weighted by Crippen LogP contribution is -2.24. The average molecular weight is 259 g/mol. The molecule has 0 fully saturated rings. The monoisotopic (exact) mass is 259 g/mol. The summed E-state index contributed by atoms with van der Waals surface area (Å²) in [6, 6.07) is 6.67. The number of carboxylic acids is 1. The second-order valence-electron chi connectivity index (χ2n) is 4.02. The Morgan fingerprint density at radius 3 is 2.79 bits per heavy atom. The van der Waals surface area contributed by atoms with Crippen LogP contribution in [0, 0.1) is 0 Å². The molecule has 3 N–H and O–H groups in total. The Labute approximate surface area is 109 Å². The molecule has 0 spiro atoms. The van der Waals surface area contributed by atoms with E-state index in [1.54, 1.807) is 36.7 Å². The van der Waals surface area contributed by atoms with Gasteiger partial charge in [0.15, 0.2) is 0 Å². The zero-order valence-corrected chi connectivity index (χ0v) is 10.1. The first kappa shape index (κ1) is 12.8. The van der Waals surface area contributed by atoms with Gasteiger partial charge in [-0.15, -0.1) is 0 Å². The Balaban J connectivity index is 2.08. The van der Waals surface area contributed by atoms with Crippen molar-refractivity contribution in [3.8, 4) is 0 Å². The normalized spacial score (nSPS) is 10.1. The second kappa shape index (κ2) is 5.81. The molecule has 0 saturated heterocycles. The van der Waals surface area contributed by atoms with Gasteiger partial charge in [0.05, 0.1) is 12.6 Å². The first-order chi connectivity index (χ1) is 9.16. The molecule has 2 aromatic rings. The van der Waals surface area contributed by atoms with E-state index in [1.807, 2.05) is 0 Å². The number of benzene rings is 1. The largest absolute Gasteiger partial charge is 0.481 e. The number of nitrogens with one attached hydrogen (secondary N) is 2. The number of aromatic amines is 1. The van der Waals surface area contributed by atoms with Gasteiger partial charge < -0.3 is 10.4 Å². The van der Waals surface area contributed by atoms with Gasteiger partial charge >= 0.3 is 5.97 Å². The summed E-state index contributed by atoms with van der Waals surface area (Å²) in [7, 11) is 0. The second-order valence-corrected chi connectivity index (χ2v) is 4.02. The Bertz CT molecular complexity index is 579. The van der Waals surface area contributed by atoms with Crippen LogP contribution in [0.15, 0.2) is 36.7 Å². The van der Waals surface area contributed by atoms with E-state index < -0.39 is 5.97 Å². The number of amides is 1. The first-order valence-electron chi connectivity index (χ1n) is 5.72. The maximum atomic E-state index is 12.0. The lowest BCUT2D eigenvalue weighted by Gasteiger charge is -2.08. The van der Waals surface area contributed by atoms with Gasteiger partial charge in [-0.2, -0.15) is 5.10 Å². The number of hydrogen-bond donors (Lipinski definition) is 3. The number of hydrogen-bond acceptors (Lipinski definition) is 3. The van der Waals surface area contributed by atoms with Crippen molar-refractivity contribution in [3.63, 3.8) is 0 Å². The van der Waals surface area contributed by atoms with E-state index in [4.69, 9.17) is 5.11 Å². The third-order valence-electron chi connectivity index (χ3n) is 2.61. The highest BCUT2D eigenvalue weighted by Crippen LogP contribution is 2.10. The molecule has 2 rings (SSSR count). The van der Waals surface area contributed by atoms with Gasteiger partial charge in [-0.3, -0.25) is 14.7 Å². The quantitative estimate of drug-likeness (QED) is 0.745. The van der Waals surface area contributed by atoms with Gasteiger partial charge in [0.2, 0.25) is 0 Å². The van der Waals surface area contributed by atoms with Gasteiger partial charge in [-0.1, -0.05) is 18.2 Å². The SMILES string of the molecule is O=C(O)Cc1ccccc1C(=O)NCc1cn[nH]c1. The standard InChI is InChI=1S/C13H13N3O3/c17-12(18)5-10-3-1-2-4-11(10)13(19)14-6-9-7-15-16-8-9/h1-4,7-8H,5-6H2,(H,14,19)(H,15,16)(H,17,18). The van der Waals surface area contributed by atoms with Crippen molar-refractivity contribution in [2.75, 3.05) is 0 Å². The number of carboxylic acid groups (broad SMARTS) is 1. The highest BCUT2D eigenvalue weighted by molar-refractivity contribution is 5.96. The van der Waals surface area contributed by atoms with Crippen molar-refractivity contribution in [1.29, 1.82) is 0 Å². The van der Waals surface area contributed by atoms with E-state index in [1.165, 1.54) is 0 Å². The van der Waals surface area contributed by atoms with Crippen LogP contribution < -0.4 is 5.32 Å². The molecule has 0 radical (unpaired) electrons. The predicted molar refractivity (Wildman–Crippen MR) is 67.5 cm³/mol. The van der Waals surface area contributed by atoms with Gasteiger partial charge in [0.1, 0.15) is 0 Å². The molecule has 0 unspecified atom stereocenters. The molecule has 0 aliphatic carbocycles. The summed E-state index contributed by atoms with van der Waals surface area (Å²) in [5.74, 6) is -1.26.